The first kappa shape index (κ1) is 14.4. The Morgan fingerprint density at radius 3 is 2.55 bits per heavy atom. The van der Waals surface area contributed by atoms with Gasteiger partial charge in [-0.1, -0.05) is 12.8 Å². The van der Waals surface area contributed by atoms with Gasteiger partial charge in [0, 0.05) is 12.0 Å². The molecule has 0 spiro atoms. The lowest BCUT2D eigenvalue weighted by Gasteiger charge is -2.44. The molecule has 3 nitrogen and oxygen atoms in total. The van der Waals surface area contributed by atoms with Crippen LogP contribution in [0.4, 0.5) is 0 Å². The highest BCUT2D eigenvalue weighted by Gasteiger charge is 2.38. The summed E-state index contributed by atoms with van der Waals surface area (Å²) in [6.45, 7) is 0. The van der Waals surface area contributed by atoms with E-state index in [1.54, 1.807) is 0 Å². The van der Waals surface area contributed by atoms with E-state index in [1.165, 1.54) is 44.9 Å². The zero-order valence-corrected chi connectivity index (χ0v) is 12.4. The normalized spacial score (nSPS) is 45.4. The number of fused-ring (bicyclic) bond motifs is 1. The molecule has 3 rings (SSSR count). The molecule has 0 aromatic carbocycles. The van der Waals surface area contributed by atoms with Crippen LogP contribution in [-0.2, 0) is 0 Å². The molecule has 0 amide bonds. The molecule has 4 unspecified atom stereocenters. The molecule has 2 N–H and O–H groups in total. The summed E-state index contributed by atoms with van der Waals surface area (Å²) in [7, 11) is 0. The van der Waals surface area contributed by atoms with Gasteiger partial charge in [0.15, 0.2) is 0 Å². The first-order valence-corrected chi connectivity index (χ1v) is 8.60. The molecule has 0 bridgehead atoms. The zero-order valence-electron chi connectivity index (χ0n) is 12.4. The number of rotatable bonds is 2. The molecule has 1 saturated heterocycles. The Morgan fingerprint density at radius 1 is 1.05 bits per heavy atom. The second kappa shape index (κ2) is 6.45. The second-order valence-electron chi connectivity index (χ2n) is 7.34. The Balaban J connectivity index is 1.51. The number of hydrogen-bond donors (Lipinski definition) is 2. The van der Waals surface area contributed by atoms with Crippen molar-refractivity contribution in [3.63, 3.8) is 0 Å². The fourth-order valence-corrected chi connectivity index (χ4v) is 4.76. The minimum absolute atomic E-state index is 0.289. The fraction of sp³-hybridized carbons (Fsp3) is 0.941. The van der Waals surface area contributed by atoms with Crippen LogP contribution in [0.25, 0.3) is 0 Å². The molecule has 2 saturated carbocycles. The standard InChI is InChI=1S/C17H28N2O/c18-11-13-7-5-12(6-8-13)9-15-10-14-3-1-2-4-16(14)19-17(15)20/h12-17,19-20H,1-10H2. The van der Waals surface area contributed by atoms with Crippen LogP contribution in [0.2, 0.25) is 0 Å². The van der Waals surface area contributed by atoms with Gasteiger partial charge in [0.2, 0.25) is 0 Å². The summed E-state index contributed by atoms with van der Waals surface area (Å²) in [4.78, 5) is 0. The van der Waals surface area contributed by atoms with Gasteiger partial charge in [-0.15, -0.1) is 0 Å². The zero-order chi connectivity index (χ0) is 13.9. The first-order valence-electron chi connectivity index (χ1n) is 8.60. The lowest BCUT2D eigenvalue weighted by molar-refractivity contribution is -0.0179. The van der Waals surface area contributed by atoms with E-state index in [0.717, 1.165) is 31.1 Å². The Labute approximate surface area is 122 Å². The maximum atomic E-state index is 10.4. The summed E-state index contributed by atoms with van der Waals surface area (Å²) in [6.07, 6.45) is 11.9. The van der Waals surface area contributed by atoms with E-state index >= 15 is 0 Å². The van der Waals surface area contributed by atoms with Crippen molar-refractivity contribution >= 4 is 0 Å². The molecule has 0 radical (unpaired) electrons. The average molecular weight is 276 g/mol. The second-order valence-corrected chi connectivity index (χ2v) is 7.34. The van der Waals surface area contributed by atoms with Crippen LogP contribution >= 0.6 is 0 Å². The van der Waals surface area contributed by atoms with Gasteiger partial charge in [-0.25, -0.2) is 0 Å². The van der Waals surface area contributed by atoms with Crippen LogP contribution in [-0.4, -0.2) is 17.4 Å². The van der Waals surface area contributed by atoms with Crippen LogP contribution in [0.3, 0.4) is 0 Å². The third kappa shape index (κ3) is 3.18. The quantitative estimate of drug-likeness (QED) is 0.814. The molecule has 2 aliphatic carbocycles. The summed E-state index contributed by atoms with van der Waals surface area (Å²) >= 11 is 0. The number of piperidine rings is 1. The lowest BCUT2D eigenvalue weighted by Crippen LogP contribution is -2.53. The summed E-state index contributed by atoms with van der Waals surface area (Å²) < 4.78 is 0. The number of aliphatic hydroxyl groups is 1. The summed E-state index contributed by atoms with van der Waals surface area (Å²) in [6, 6.07) is 2.99. The van der Waals surface area contributed by atoms with Gasteiger partial charge in [-0.2, -0.15) is 5.26 Å². The predicted molar refractivity (Wildman–Crippen MR) is 78.7 cm³/mol. The summed E-state index contributed by atoms with van der Waals surface area (Å²) in [5.74, 6) is 2.27. The van der Waals surface area contributed by atoms with Crippen molar-refractivity contribution in [2.75, 3.05) is 0 Å². The van der Waals surface area contributed by atoms with Gasteiger partial charge < -0.3 is 5.11 Å². The summed E-state index contributed by atoms with van der Waals surface area (Å²) in [5.41, 5.74) is 0. The predicted octanol–water partition coefficient (Wildman–Crippen LogP) is 3.19. The van der Waals surface area contributed by atoms with Gasteiger partial charge in [0.25, 0.3) is 0 Å². The van der Waals surface area contributed by atoms with Crippen molar-refractivity contribution in [1.82, 2.24) is 5.32 Å². The minimum Gasteiger partial charge on any atom is -0.378 e. The minimum atomic E-state index is -0.289. The van der Waals surface area contributed by atoms with Crippen LogP contribution in [0.15, 0.2) is 0 Å². The van der Waals surface area contributed by atoms with E-state index in [-0.39, 0.29) is 6.23 Å². The number of nitriles is 1. The van der Waals surface area contributed by atoms with Crippen molar-refractivity contribution in [2.45, 2.75) is 76.5 Å². The molecular weight excluding hydrogens is 248 g/mol. The van der Waals surface area contributed by atoms with Crippen molar-refractivity contribution in [1.29, 1.82) is 5.26 Å². The third-order valence-corrected chi connectivity index (χ3v) is 6.01. The van der Waals surface area contributed by atoms with E-state index in [1.807, 2.05) is 0 Å². The van der Waals surface area contributed by atoms with Gasteiger partial charge in [-0.05, 0) is 69.1 Å². The van der Waals surface area contributed by atoms with E-state index < -0.39 is 0 Å². The Kier molecular flexibility index (Phi) is 4.63. The monoisotopic (exact) mass is 276 g/mol. The number of aliphatic hydroxyl groups excluding tert-OH is 1. The largest absolute Gasteiger partial charge is 0.378 e. The average Bonchev–Trinajstić information content (AvgIpc) is 2.49. The molecule has 4 atom stereocenters. The van der Waals surface area contributed by atoms with Crippen LogP contribution in [0, 0.1) is 35.0 Å². The SMILES string of the molecule is N#CC1CCC(CC2CC3CCCCC3NC2O)CC1. The third-order valence-electron chi connectivity index (χ3n) is 6.01. The highest BCUT2D eigenvalue weighted by molar-refractivity contribution is 4.92. The van der Waals surface area contributed by atoms with E-state index in [2.05, 4.69) is 11.4 Å². The first-order chi connectivity index (χ1) is 9.76. The smallest absolute Gasteiger partial charge is 0.107 e. The Morgan fingerprint density at radius 2 is 1.80 bits per heavy atom. The van der Waals surface area contributed by atoms with E-state index in [4.69, 9.17) is 5.26 Å². The van der Waals surface area contributed by atoms with Crippen molar-refractivity contribution < 1.29 is 5.11 Å². The van der Waals surface area contributed by atoms with Crippen LogP contribution < -0.4 is 5.32 Å². The van der Waals surface area contributed by atoms with Gasteiger partial charge in [0.1, 0.15) is 6.23 Å². The fourth-order valence-electron chi connectivity index (χ4n) is 4.76. The highest BCUT2D eigenvalue weighted by atomic mass is 16.3. The van der Waals surface area contributed by atoms with Gasteiger partial charge >= 0.3 is 0 Å². The molecule has 3 fully saturated rings. The van der Waals surface area contributed by atoms with Crippen molar-refractivity contribution in [3.05, 3.63) is 0 Å². The lowest BCUT2D eigenvalue weighted by atomic mass is 9.71. The number of nitrogens with one attached hydrogen (secondary N) is 1. The molecule has 3 heteroatoms. The maximum Gasteiger partial charge on any atom is 0.107 e. The topological polar surface area (TPSA) is 56.0 Å². The molecular formula is C17H28N2O. The highest BCUT2D eigenvalue weighted by Crippen LogP contribution is 2.40. The van der Waals surface area contributed by atoms with E-state index in [0.29, 0.717) is 17.9 Å². The van der Waals surface area contributed by atoms with Gasteiger partial charge in [-0.3, -0.25) is 5.32 Å². The molecule has 0 aromatic rings. The molecule has 112 valence electrons. The molecule has 1 aliphatic heterocycles. The summed E-state index contributed by atoms with van der Waals surface area (Å²) in [5, 5.41) is 22.8. The Hall–Kier alpha value is -0.590. The van der Waals surface area contributed by atoms with Crippen molar-refractivity contribution in [2.24, 2.45) is 23.7 Å². The van der Waals surface area contributed by atoms with Gasteiger partial charge in [0.05, 0.1) is 6.07 Å². The number of nitrogens with zero attached hydrogens (tertiary/aromatic N) is 1. The van der Waals surface area contributed by atoms with Crippen LogP contribution in [0.1, 0.15) is 64.2 Å². The molecule has 1 heterocycles. The van der Waals surface area contributed by atoms with Crippen molar-refractivity contribution in [3.8, 4) is 6.07 Å². The maximum absolute atomic E-state index is 10.4. The molecule has 3 aliphatic rings. The Bertz CT molecular complexity index is 356. The number of hydrogen-bond acceptors (Lipinski definition) is 3. The van der Waals surface area contributed by atoms with Crippen LogP contribution in [0.5, 0.6) is 0 Å². The van der Waals surface area contributed by atoms with E-state index in [9.17, 15) is 5.11 Å². The molecule has 20 heavy (non-hydrogen) atoms. The molecule has 0 aromatic heterocycles.